The highest BCUT2D eigenvalue weighted by atomic mass is 16.7. The molecule has 0 aromatic carbocycles. The molecule has 1 rings (SSSR count). The van der Waals surface area contributed by atoms with Gasteiger partial charge in [0.25, 0.3) is 0 Å². The Labute approximate surface area is 129 Å². The van der Waals surface area contributed by atoms with Crippen LogP contribution >= 0.6 is 0 Å². The maximum atomic E-state index is 11.9. The first-order chi connectivity index (χ1) is 10.3. The maximum Gasteiger partial charge on any atom is 0.335 e. The number of hydrogen-bond donors (Lipinski definition) is 4. The van der Waals surface area contributed by atoms with Gasteiger partial charge < -0.3 is 29.9 Å². The van der Waals surface area contributed by atoms with Crippen LogP contribution in [0.3, 0.4) is 0 Å². The van der Waals surface area contributed by atoms with Gasteiger partial charge in [0.2, 0.25) is 6.29 Å². The van der Waals surface area contributed by atoms with Gasteiger partial charge in [-0.1, -0.05) is 17.7 Å². The second-order valence-corrected chi connectivity index (χ2v) is 5.51. The Balaban J connectivity index is 2.68. The zero-order valence-electron chi connectivity index (χ0n) is 13.0. The normalized spacial score (nSPS) is 32.5. The summed E-state index contributed by atoms with van der Waals surface area (Å²) < 4.78 is 10.1. The van der Waals surface area contributed by atoms with Crippen molar-refractivity contribution < 1.29 is 34.7 Å². The first-order valence-corrected chi connectivity index (χ1v) is 7.09. The molecule has 0 bridgehead atoms. The van der Waals surface area contributed by atoms with Crippen LogP contribution < -0.4 is 0 Å². The van der Waals surface area contributed by atoms with E-state index >= 15 is 0 Å². The number of aliphatic hydroxyl groups is 4. The molecule has 0 aliphatic carbocycles. The summed E-state index contributed by atoms with van der Waals surface area (Å²) in [6.45, 7) is 4.87. The van der Waals surface area contributed by atoms with Crippen LogP contribution in [0.5, 0.6) is 0 Å². The van der Waals surface area contributed by atoms with E-state index < -0.39 is 43.3 Å². The van der Waals surface area contributed by atoms with E-state index in [-0.39, 0.29) is 0 Å². The topological polar surface area (TPSA) is 116 Å². The van der Waals surface area contributed by atoms with E-state index in [9.17, 15) is 20.1 Å². The van der Waals surface area contributed by atoms with E-state index in [1.807, 2.05) is 19.9 Å². The lowest BCUT2D eigenvalue weighted by Crippen LogP contribution is -2.59. The van der Waals surface area contributed by atoms with Gasteiger partial charge in [0, 0.05) is 5.57 Å². The fourth-order valence-corrected chi connectivity index (χ4v) is 1.92. The van der Waals surface area contributed by atoms with Gasteiger partial charge in [0.15, 0.2) is 0 Å². The number of carbonyl (C=O) groups excluding carboxylic acids is 1. The van der Waals surface area contributed by atoms with Crippen LogP contribution in [0.25, 0.3) is 0 Å². The minimum absolute atomic E-state index is 0.328. The highest BCUT2D eigenvalue weighted by molar-refractivity contribution is 5.87. The molecule has 0 aromatic rings. The van der Waals surface area contributed by atoms with Gasteiger partial charge in [-0.3, -0.25) is 0 Å². The molecular formula is C15H24O7. The Morgan fingerprint density at radius 3 is 2.27 bits per heavy atom. The van der Waals surface area contributed by atoms with Gasteiger partial charge >= 0.3 is 5.97 Å². The standard InChI is InChI=1S/C15H24O7/c1-8(2)5-4-6-9(3)14(20)22-15-13(19)12(18)11(17)10(7-16)21-15/h5-6,10-13,15-19H,4,7H2,1-3H3/b9-6+. The van der Waals surface area contributed by atoms with Crippen molar-refractivity contribution in [2.24, 2.45) is 0 Å². The quantitative estimate of drug-likeness (QED) is 0.311. The lowest BCUT2D eigenvalue weighted by atomic mass is 9.99. The van der Waals surface area contributed by atoms with Crippen molar-refractivity contribution in [2.75, 3.05) is 6.61 Å². The van der Waals surface area contributed by atoms with Crippen molar-refractivity contribution in [1.29, 1.82) is 0 Å². The third-order valence-corrected chi connectivity index (χ3v) is 3.34. The molecule has 4 N–H and O–H groups in total. The van der Waals surface area contributed by atoms with Gasteiger partial charge in [-0.05, 0) is 27.2 Å². The molecular weight excluding hydrogens is 292 g/mol. The van der Waals surface area contributed by atoms with Crippen molar-refractivity contribution in [3.63, 3.8) is 0 Å². The molecule has 1 heterocycles. The molecule has 1 saturated heterocycles. The smallest absolute Gasteiger partial charge is 0.335 e. The summed E-state index contributed by atoms with van der Waals surface area (Å²) in [5, 5.41) is 38.1. The van der Waals surface area contributed by atoms with Gasteiger partial charge in [0.1, 0.15) is 24.4 Å². The van der Waals surface area contributed by atoms with Crippen LogP contribution in [-0.2, 0) is 14.3 Å². The number of esters is 1. The average Bonchev–Trinajstić information content (AvgIpc) is 2.47. The van der Waals surface area contributed by atoms with Gasteiger partial charge in [-0.2, -0.15) is 0 Å². The second kappa shape index (κ2) is 8.40. The van der Waals surface area contributed by atoms with Crippen LogP contribution in [0, 0.1) is 0 Å². The van der Waals surface area contributed by atoms with Gasteiger partial charge in [-0.25, -0.2) is 4.79 Å². The number of allylic oxidation sites excluding steroid dienone is 3. The van der Waals surface area contributed by atoms with E-state index in [0.29, 0.717) is 12.0 Å². The maximum absolute atomic E-state index is 11.9. The molecule has 0 spiro atoms. The third-order valence-electron chi connectivity index (χ3n) is 3.34. The number of carbonyl (C=O) groups is 1. The summed E-state index contributed by atoms with van der Waals surface area (Å²) in [4.78, 5) is 11.9. The number of rotatable bonds is 5. The lowest BCUT2D eigenvalue weighted by Gasteiger charge is -2.39. The fraction of sp³-hybridized carbons (Fsp3) is 0.667. The molecule has 1 fully saturated rings. The predicted octanol–water partition coefficient (Wildman–Crippen LogP) is -0.368. The number of aliphatic hydroxyl groups excluding tert-OH is 4. The Morgan fingerprint density at radius 1 is 1.09 bits per heavy atom. The van der Waals surface area contributed by atoms with Crippen molar-refractivity contribution in [1.82, 2.24) is 0 Å². The molecule has 0 saturated carbocycles. The van der Waals surface area contributed by atoms with Crippen LogP contribution in [0.2, 0.25) is 0 Å². The zero-order valence-corrected chi connectivity index (χ0v) is 13.0. The average molecular weight is 316 g/mol. The van der Waals surface area contributed by atoms with Crippen LogP contribution in [0.15, 0.2) is 23.3 Å². The second-order valence-electron chi connectivity index (χ2n) is 5.51. The van der Waals surface area contributed by atoms with Crippen molar-refractivity contribution >= 4 is 5.97 Å². The number of ether oxygens (including phenoxy) is 2. The first kappa shape index (κ1) is 18.8. The molecule has 126 valence electrons. The minimum Gasteiger partial charge on any atom is -0.429 e. The lowest BCUT2D eigenvalue weighted by molar-refractivity contribution is -0.291. The Morgan fingerprint density at radius 2 is 1.73 bits per heavy atom. The molecule has 7 nitrogen and oxygen atoms in total. The SMILES string of the molecule is CC(C)=CC/C=C(\C)C(=O)OC1OC(CO)C(O)C(O)C1O. The van der Waals surface area contributed by atoms with E-state index in [1.165, 1.54) is 0 Å². The summed E-state index contributed by atoms with van der Waals surface area (Å²) in [6.07, 6.45) is -3.03. The fourth-order valence-electron chi connectivity index (χ4n) is 1.92. The molecule has 1 aliphatic rings. The first-order valence-electron chi connectivity index (χ1n) is 7.09. The summed E-state index contributed by atoms with van der Waals surface area (Å²) in [7, 11) is 0. The van der Waals surface area contributed by atoms with E-state index in [1.54, 1.807) is 13.0 Å². The van der Waals surface area contributed by atoms with E-state index in [2.05, 4.69) is 0 Å². The molecule has 0 aromatic heterocycles. The minimum atomic E-state index is -1.59. The molecule has 1 aliphatic heterocycles. The highest BCUT2D eigenvalue weighted by Crippen LogP contribution is 2.22. The summed E-state index contributed by atoms with van der Waals surface area (Å²) >= 11 is 0. The van der Waals surface area contributed by atoms with Crippen molar-refractivity contribution in [3.05, 3.63) is 23.3 Å². The Kier molecular flexibility index (Phi) is 7.18. The predicted molar refractivity (Wildman–Crippen MR) is 77.7 cm³/mol. The van der Waals surface area contributed by atoms with Gasteiger partial charge in [-0.15, -0.1) is 0 Å². The van der Waals surface area contributed by atoms with Crippen LogP contribution in [0.1, 0.15) is 27.2 Å². The Hall–Kier alpha value is -1.25. The van der Waals surface area contributed by atoms with Crippen LogP contribution in [-0.4, -0.2) is 63.7 Å². The van der Waals surface area contributed by atoms with Gasteiger partial charge in [0.05, 0.1) is 6.61 Å². The van der Waals surface area contributed by atoms with Crippen molar-refractivity contribution in [2.45, 2.75) is 57.9 Å². The summed E-state index contributed by atoms with van der Waals surface area (Å²) in [5.41, 5.74) is 1.45. The van der Waals surface area contributed by atoms with Crippen molar-refractivity contribution in [3.8, 4) is 0 Å². The highest BCUT2D eigenvalue weighted by Gasteiger charge is 2.45. The summed E-state index contributed by atoms with van der Waals surface area (Å²) in [6, 6.07) is 0. The van der Waals surface area contributed by atoms with Crippen LogP contribution in [0.4, 0.5) is 0 Å². The summed E-state index contributed by atoms with van der Waals surface area (Å²) in [5.74, 6) is -0.702. The monoisotopic (exact) mass is 316 g/mol. The van der Waals surface area contributed by atoms with E-state index in [4.69, 9.17) is 14.6 Å². The zero-order chi connectivity index (χ0) is 16.9. The number of hydrogen-bond acceptors (Lipinski definition) is 7. The van der Waals surface area contributed by atoms with E-state index in [0.717, 1.165) is 5.57 Å². The Bertz CT molecular complexity index is 437. The molecule has 5 atom stereocenters. The molecule has 0 radical (unpaired) electrons. The largest absolute Gasteiger partial charge is 0.429 e. The molecule has 5 unspecified atom stereocenters. The molecule has 0 amide bonds. The third kappa shape index (κ3) is 4.89. The molecule has 7 heteroatoms. The molecule has 22 heavy (non-hydrogen) atoms.